The van der Waals surface area contributed by atoms with Gasteiger partial charge in [-0.1, -0.05) is 13.8 Å². The maximum Gasteiger partial charge on any atom is 0.225 e. The van der Waals surface area contributed by atoms with Gasteiger partial charge in [0.2, 0.25) is 5.91 Å². The smallest absolute Gasteiger partial charge is 0.225 e. The molecule has 0 saturated heterocycles. The lowest BCUT2D eigenvalue weighted by Crippen LogP contribution is -2.27. The third kappa shape index (κ3) is 4.33. The van der Waals surface area contributed by atoms with Crippen molar-refractivity contribution in [1.29, 1.82) is 0 Å². The molecular weight excluding hydrogens is 233 g/mol. The predicted octanol–water partition coefficient (Wildman–Crippen LogP) is 2.08. The number of benzene rings is 1. The maximum absolute atomic E-state index is 12.8. The van der Waals surface area contributed by atoms with E-state index in [1.54, 1.807) is 0 Å². The van der Waals surface area contributed by atoms with Gasteiger partial charge in [-0.3, -0.25) is 4.79 Å². The third-order valence-corrected chi connectivity index (χ3v) is 2.84. The van der Waals surface area contributed by atoms with Crippen molar-refractivity contribution in [1.82, 2.24) is 4.90 Å². The number of amides is 1. The van der Waals surface area contributed by atoms with Gasteiger partial charge >= 0.3 is 0 Å². The van der Waals surface area contributed by atoms with Crippen molar-refractivity contribution in [3.05, 3.63) is 24.0 Å². The Morgan fingerprint density at radius 3 is 2.61 bits per heavy atom. The normalized spacial score (nSPS) is 10.7. The molecule has 0 aromatic heterocycles. The van der Waals surface area contributed by atoms with E-state index in [9.17, 15) is 9.18 Å². The molecule has 4 nitrogen and oxygen atoms in total. The molecule has 100 valence electrons. The summed E-state index contributed by atoms with van der Waals surface area (Å²) in [6, 6.07) is 3.94. The number of hydrogen-bond donors (Lipinski definition) is 2. The molecule has 18 heavy (non-hydrogen) atoms. The van der Waals surface area contributed by atoms with Crippen LogP contribution < -0.4 is 11.1 Å². The Morgan fingerprint density at radius 1 is 1.39 bits per heavy atom. The van der Waals surface area contributed by atoms with Crippen molar-refractivity contribution in [3.8, 4) is 0 Å². The molecule has 0 saturated carbocycles. The van der Waals surface area contributed by atoms with E-state index in [2.05, 4.69) is 24.1 Å². The molecule has 0 atom stereocenters. The highest BCUT2D eigenvalue weighted by molar-refractivity contribution is 5.93. The second kappa shape index (κ2) is 6.96. The maximum atomic E-state index is 12.8. The van der Waals surface area contributed by atoms with Crippen LogP contribution in [-0.2, 0) is 4.79 Å². The van der Waals surface area contributed by atoms with E-state index in [0.29, 0.717) is 18.7 Å². The minimum atomic E-state index is -0.409. The van der Waals surface area contributed by atoms with Gasteiger partial charge in [0.05, 0.1) is 11.4 Å². The number of carbonyl (C=O) groups is 1. The number of nitrogens with one attached hydrogen (secondary N) is 1. The number of nitrogen functional groups attached to an aromatic ring is 1. The Hall–Kier alpha value is -1.62. The standard InChI is InChI=1S/C13H20FN3O/c1-3-17(4-2)8-7-13(18)16-12-6-5-10(14)9-11(12)15/h5-6,9H,3-4,7-8,15H2,1-2H3,(H,16,18). The Balaban J connectivity index is 2.49. The minimum Gasteiger partial charge on any atom is -0.397 e. The van der Waals surface area contributed by atoms with Crippen LogP contribution in [-0.4, -0.2) is 30.4 Å². The summed E-state index contributed by atoms with van der Waals surface area (Å²) in [5, 5.41) is 2.68. The molecule has 0 radical (unpaired) electrons. The largest absolute Gasteiger partial charge is 0.397 e. The fraction of sp³-hybridized carbons (Fsp3) is 0.462. The number of nitrogens with zero attached hydrogens (tertiary/aromatic N) is 1. The molecular formula is C13H20FN3O. The highest BCUT2D eigenvalue weighted by Gasteiger charge is 2.07. The van der Waals surface area contributed by atoms with Gasteiger partial charge in [-0.25, -0.2) is 4.39 Å². The summed E-state index contributed by atoms with van der Waals surface area (Å²) in [6.45, 7) is 6.66. The quantitative estimate of drug-likeness (QED) is 0.763. The van der Waals surface area contributed by atoms with E-state index in [-0.39, 0.29) is 11.6 Å². The Morgan fingerprint density at radius 2 is 2.06 bits per heavy atom. The zero-order valence-corrected chi connectivity index (χ0v) is 10.9. The molecule has 1 aromatic carbocycles. The van der Waals surface area contributed by atoms with Crippen LogP contribution >= 0.6 is 0 Å². The molecule has 0 fully saturated rings. The first-order chi connectivity index (χ1) is 8.56. The number of hydrogen-bond acceptors (Lipinski definition) is 3. The van der Waals surface area contributed by atoms with Gasteiger partial charge in [-0.05, 0) is 31.3 Å². The summed E-state index contributed by atoms with van der Waals surface area (Å²) in [6.07, 6.45) is 0.401. The van der Waals surface area contributed by atoms with Crippen molar-refractivity contribution in [2.75, 3.05) is 30.7 Å². The molecule has 1 rings (SSSR count). The van der Waals surface area contributed by atoms with Crippen molar-refractivity contribution in [2.45, 2.75) is 20.3 Å². The van der Waals surface area contributed by atoms with Gasteiger partial charge in [0, 0.05) is 13.0 Å². The topological polar surface area (TPSA) is 58.4 Å². The fourth-order valence-corrected chi connectivity index (χ4v) is 1.66. The Bertz CT molecular complexity index is 405. The fourth-order valence-electron chi connectivity index (χ4n) is 1.66. The van der Waals surface area contributed by atoms with Gasteiger partial charge in [0.15, 0.2) is 0 Å². The first-order valence-corrected chi connectivity index (χ1v) is 6.14. The monoisotopic (exact) mass is 253 g/mol. The van der Waals surface area contributed by atoms with Crippen LogP contribution in [0.5, 0.6) is 0 Å². The Labute approximate surface area is 107 Å². The van der Waals surface area contributed by atoms with Crippen LogP contribution in [0.4, 0.5) is 15.8 Å². The van der Waals surface area contributed by atoms with Crippen molar-refractivity contribution in [2.24, 2.45) is 0 Å². The molecule has 3 N–H and O–H groups in total. The summed E-state index contributed by atoms with van der Waals surface area (Å²) in [4.78, 5) is 13.9. The highest BCUT2D eigenvalue weighted by atomic mass is 19.1. The summed E-state index contributed by atoms with van der Waals surface area (Å²) in [5.74, 6) is -0.520. The zero-order valence-electron chi connectivity index (χ0n) is 10.9. The van der Waals surface area contributed by atoms with E-state index in [4.69, 9.17) is 5.73 Å². The minimum absolute atomic E-state index is 0.111. The number of anilines is 2. The van der Waals surface area contributed by atoms with Crippen molar-refractivity contribution < 1.29 is 9.18 Å². The first kappa shape index (κ1) is 14.4. The van der Waals surface area contributed by atoms with E-state index in [0.717, 1.165) is 13.1 Å². The molecule has 1 amide bonds. The van der Waals surface area contributed by atoms with Crippen LogP contribution in [0.2, 0.25) is 0 Å². The lowest BCUT2D eigenvalue weighted by atomic mass is 10.2. The van der Waals surface area contributed by atoms with Crippen LogP contribution in [0.1, 0.15) is 20.3 Å². The van der Waals surface area contributed by atoms with Gasteiger partial charge < -0.3 is 16.0 Å². The first-order valence-electron chi connectivity index (χ1n) is 6.14. The molecule has 0 aliphatic rings. The highest BCUT2D eigenvalue weighted by Crippen LogP contribution is 2.19. The number of halogens is 1. The summed E-state index contributed by atoms with van der Waals surface area (Å²) in [7, 11) is 0. The van der Waals surface area contributed by atoms with Crippen LogP contribution in [0.25, 0.3) is 0 Å². The summed E-state index contributed by atoms with van der Waals surface area (Å²) in [5.41, 5.74) is 6.31. The molecule has 0 aliphatic carbocycles. The molecule has 0 unspecified atom stereocenters. The van der Waals surface area contributed by atoms with E-state index < -0.39 is 5.82 Å². The third-order valence-electron chi connectivity index (χ3n) is 2.84. The van der Waals surface area contributed by atoms with Gasteiger partial charge in [0.25, 0.3) is 0 Å². The molecule has 0 heterocycles. The van der Waals surface area contributed by atoms with E-state index in [1.165, 1.54) is 18.2 Å². The molecule has 5 heteroatoms. The van der Waals surface area contributed by atoms with Gasteiger partial charge in [0.1, 0.15) is 5.82 Å². The Kier molecular flexibility index (Phi) is 5.58. The molecule has 1 aromatic rings. The van der Waals surface area contributed by atoms with Crippen LogP contribution in [0, 0.1) is 5.82 Å². The van der Waals surface area contributed by atoms with Gasteiger partial charge in [-0.2, -0.15) is 0 Å². The van der Waals surface area contributed by atoms with E-state index >= 15 is 0 Å². The molecule has 0 bridgehead atoms. The van der Waals surface area contributed by atoms with Crippen LogP contribution in [0.3, 0.4) is 0 Å². The molecule has 0 spiro atoms. The number of rotatable bonds is 6. The second-order valence-electron chi connectivity index (χ2n) is 4.06. The zero-order chi connectivity index (χ0) is 13.5. The predicted molar refractivity (Wildman–Crippen MR) is 71.8 cm³/mol. The molecule has 0 aliphatic heterocycles. The average Bonchev–Trinajstić information content (AvgIpc) is 2.34. The van der Waals surface area contributed by atoms with E-state index in [1.807, 2.05) is 0 Å². The summed E-state index contributed by atoms with van der Waals surface area (Å²) >= 11 is 0. The van der Waals surface area contributed by atoms with Crippen molar-refractivity contribution >= 4 is 17.3 Å². The second-order valence-corrected chi connectivity index (χ2v) is 4.06. The number of carbonyl (C=O) groups excluding carboxylic acids is 1. The SMILES string of the molecule is CCN(CC)CCC(=O)Nc1ccc(F)cc1N. The average molecular weight is 253 g/mol. The van der Waals surface area contributed by atoms with Gasteiger partial charge in [-0.15, -0.1) is 0 Å². The van der Waals surface area contributed by atoms with Crippen molar-refractivity contribution in [3.63, 3.8) is 0 Å². The lowest BCUT2D eigenvalue weighted by Gasteiger charge is -2.17. The number of nitrogens with two attached hydrogens (primary N) is 1. The van der Waals surface area contributed by atoms with Crippen LogP contribution in [0.15, 0.2) is 18.2 Å². The summed E-state index contributed by atoms with van der Waals surface area (Å²) < 4.78 is 12.8. The lowest BCUT2D eigenvalue weighted by molar-refractivity contribution is -0.116.